The van der Waals surface area contributed by atoms with Gasteiger partial charge in [-0.05, 0) is 73.2 Å². The average Bonchev–Trinajstić information content (AvgIpc) is 2.97. The van der Waals surface area contributed by atoms with Gasteiger partial charge in [-0.1, -0.05) is 30.3 Å². The van der Waals surface area contributed by atoms with Crippen LogP contribution in [0.3, 0.4) is 0 Å². The Labute approximate surface area is 241 Å². The summed E-state index contributed by atoms with van der Waals surface area (Å²) in [5.41, 5.74) is 4.83. The first kappa shape index (κ1) is 30.0. The molecule has 0 heterocycles. The van der Waals surface area contributed by atoms with Crippen LogP contribution in [0.15, 0.2) is 101 Å². The van der Waals surface area contributed by atoms with Gasteiger partial charge in [0, 0.05) is 16.8 Å². The van der Waals surface area contributed by atoms with Gasteiger partial charge in [0.15, 0.2) is 0 Å². The molecule has 0 spiro atoms. The van der Waals surface area contributed by atoms with Crippen molar-refractivity contribution in [2.75, 3.05) is 16.6 Å². The van der Waals surface area contributed by atoms with Gasteiger partial charge in [0.05, 0.1) is 22.6 Å². The van der Waals surface area contributed by atoms with E-state index in [0.717, 1.165) is 12.1 Å². The fourth-order valence-corrected chi connectivity index (χ4v) is 5.85. The Morgan fingerprint density at radius 1 is 0.690 bits per heavy atom. The van der Waals surface area contributed by atoms with Crippen molar-refractivity contribution in [1.29, 1.82) is 0 Å². The molecule has 4 rings (SSSR count). The van der Waals surface area contributed by atoms with E-state index in [-0.39, 0.29) is 37.9 Å². The van der Waals surface area contributed by atoms with Crippen LogP contribution in [0.25, 0.3) is 0 Å². The lowest BCUT2D eigenvalue weighted by Gasteiger charge is -2.13. The number of sulfonamides is 2. The van der Waals surface area contributed by atoms with Crippen molar-refractivity contribution in [2.24, 2.45) is 0 Å². The van der Waals surface area contributed by atoms with Gasteiger partial charge in [-0.25, -0.2) is 21.2 Å². The molecule has 42 heavy (non-hydrogen) atoms. The van der Waals surface area contributed by atoms with Gasteiger partial charge in [0.2, 0.25) is 0 Å². The summed E-state index contributed by atoms with van der Waals surface area (Å²) in [6, 6.07) is 20.4. The topological polar surface area (TPSA) is 160 Å². The standard InChI is InChI=1S/C28H25FN4O7S2/c1-18-13-14-23(17-24(18)29)41(36,37)32-21-9-5-7-19(15-21)27(34)30-31-28(35)20-8-6-10-22(16-20)42(38,39)33-25-11-3-4-12-26(25)40-2/h3-17,32-33H,1-2H3,(H,30,34)(H,31,35). The molecule has 0 aliphatic carbocycles. The molecule has 2 amide bonds. The molecule has 0 saturated carbocycles. The maximum atomic E-state index is 13.9. The van der Waals surface area contributed by atoms with Gasteiger partial charge in [-0.3, -0.25) is 29.9 Å². The number of rotatable bonds is 9. The Morgan fingerprint density at radius 2 is 1.29 bits per heavy atom. The number of ether oxygens (including phenoxy) is 1. The van der Waals surface area contributed by atoms with E-state index >= 15 is 0 Å². The smallest absolute Gasteiger partial charge is 0.269 e. The molecule has 0 aliphatic rings. The molecule has 0 radical (unpaired) electrons. The summed E-state index contributed by atoms with van der Waals surface area (Å²) in [6.07, 6.45) is 0. The van der Waals surface area contributed by atoms with E-state index in [2.05, 4.69) is 20.3 Å². The zero-order chi connectivity index (χ0) is 30.5. The zero-order valence-electron chi connectivity index (χ0n) is 22.2. The largest absolute Gasteiger partial charge is 0.495 e. The highest BCUT2D eigenvalue weighted by Gasteiger charge is 2.20. The molecule has 0 fully saturated rings. The summed E-state index contributed by atoms with van der Waals surface area (Å²) in [5, 5.41) is 0. The number of methoxy groups -OCH3 is 1. The minimum atomic E-state index is -4.15. The third-order valence-corrected chi connectivity index (χ3v) is 8.62. The van der Waals surface area contributed by atoms with Crippen LogP contribution >= 0.6 is 0 Å². The predicted molar refractivity (Wildman–Crippen MR) is 154 cm³/mol. The molecule has 4 aromatic rings. The third-order valence-electron chi connectivity index (χ3n) is 5.88. The summed E-state index contributed by atoms with van der Waals surface area (Å²) in [4.78, 5) is 24.9. The van der Waals surface area contributed by atoms with Crippen molar-refractivity contribution in [3.05, 3.63) is 114 Å². The molecule has 4 N–H and O–H groups in total. The molecule has 0 saturated heterocycles. The second-order valence-electron chi connectivity index (χ2n) is 8.84. The Kier molecular flexibility index (Phi) is 8.78. The van der Waals surface area contributed by atoms with Crippen molar-refractivity contribution in [3.8, 4) is 5.75 Å². The molecule has 14 heteroatoms. The number of hydrogen-bond donors (Lipinski definition) is 4. The minimum absolute atomic E-state index is 0.0112. The number of amides is 2. The van der Waals surface area contributed by atoms with Crippen molar-refractivity contribution in [2.45, 2.75) is 16.7 Å². The normalized spacial score (nSPS) is 11.3. The van der Waals surface area contributed by atoms with Crippen LogP contribution in [0, 0.1) is 12.7 Å². The Bertz CT molecular complexity index is 1880. The van der Waals surface area contributed by atoms with E-state index in [1.165, 1.54) is 74.7 Å². The number of anilines is 2. The molecule has 0 aromatic heterocycles. The molecule has 0 atom stereocenters. The van der Waals surface area contributed by atoms with Gasteiger partial charge in [0.1, 0.15) is 11.6 Å². The van der Waals surface area contributed by atoms with Gasteiger partial charge in [-0.15, -0.1) is 0 Å². The highest BCUT2D eigenvalue weighted by atomic mass is 32.2. The monoisotopic (exact) mass is 612 g/mol. The van der Waals surface area contributed by atoms with E-state index < -0.39 is 37.7 Å². The maximum absolute atomic E-state index is 13.9. The Balaban J connectivity index is 1.42. The minimum Gasteiger partial charge on any atom is -0.495 e. The molecule has 0 aliphatic heterocycles. The molecule has 218 valence electrons. The zero-order valence-corrected chi connectivity index (χ0v) is 23.8. The predicted octanol–water partition coefficient (Wildman–Crippen LogP) is 3.82. The van der Waals surface area contributed by atoms with Crippen molar-refractivity contribution < 1.29 is 35.6 Å². The first-order valence-corrected chi connectivity index (χ1v) is 15.1. The SMILES string of the molecule is COc1ccccc1NS(=O)(=O)c1cccc(C(=O)NNC(=O)c2cccc(NS(=O)(=O)c3ccc(C)c(F)c3)c2)c1. The second-order valence-corrected chi connectivity index (χ2v) is 12.2. The van der Waals surface area contributed by atoms with Crippen LogP contribution in [-0.2, 0) is 20.0 Å². The summed E-state index contributed by atoms with van der Waals surface area (Å²) >= 11 is 0. The number of halogens is 1. The van der Waals surface area contributed by atoms with E-state index in [1.54, 1.807) is 18.2 Å². The number of carbonyl (C=O) groups is 2. The lowest BCUT2D eigenvalue weighted by molar-refractivity contribution is 0.0846. The van der Waals surface area contributed by atoms with Crippen molar-refractivity contribution in [1.82, 2.24) is 10.9 Å². The van der Waals surface area contributed by atoms with Crippen LogP contribution < -0.4 is 25.0 Å². The number of aryl methyl sites for hydroxylation is 1. The Morgan fingerprint density at radius 3 is 1.95 bits per heavy atom. The van der Waals surface area contributed by atoms with Crippen LogP contribution in [0.2, 0.25) is 0 Å². The molecule has 0 unspecified atom stereocenters. The first-order chi connectivity index (χ1) is 19.9. The van der Waals surface area contributed by atoms with Gasteiger partial charge >= 0.3 is 0 Å². The first-order valence-electron chi connectivity index (χ1n) is 12.2. The van der Waals surface area contributed by atoms with Gasteiger partial charge < -0.3 is 4.74 Å². The number of hydrogen-bond acceptors (Lipinski definition) is 7. The quantitative estimate of drug-likeness (QED) is 0.209. The summed E-state index contributed by atoms with van der Waals surface area (Å²) in [6.45, 7) is 1.50. The molecule has 11 nitrogen and oxygen atoms in total. The molecular formula is C28H25FN4O7S2. The van der Waals surface area contributed by atoms with E-state index in [1.807, 2.05) is 0 Å². The lowest BCUT2D eigenvalue weighted by Crippen LogP contribution is -2.41. The highest BCUT2D eigenvalue weighted by Crippen LogP contribution is 2.26. The van der Waals surface area contributed by atoms with E-state index in [9.17, 15) is 30.8 Å². The number of benzene rings is 4. The number of para-hydroxylation sites is 2. The van der Waals surface area contributed by atoms with Crippen LogP contribution in [0.4, 0.5) is 15.8 Å². The summed E-state index contributed by atoms with van der Waals surface area (Å²) < 4.78 is 74.9. The number of hydrazine groups is 1. The van der Waals surface area contributed by atoms with Crippen LogP contribution in [0.5, 0.6) is 5.75 Å². The second kappa shape index (κ2) is 12.3. The number of carbonyl (C=O) groups excluding carboxylic acids is 2. The van der Waals surface area contributed by atoms with Crippen molar-refractivity contribution >= 4 is 43.2 Å². The molecule has 4 aromatic carbocycles. The number of nitrogens with one attached hydrogen (secondary N) is 4. The molecular weight excluding hydrogens is 587 g/mol. The van der Waals surface area contributed by atoms with Gasteiger partial charge in [-0.2, -0.15) is 0 Å². The summed E-state index contributed by atoms with van der Waals surface area (Å²) in [7, 11) is -6.85. The van der Waals surface area contributed by atoms with Crippen LogP contribution in [-0.4, -0.2) is 35.8 Å². The lowest BCUT2D eigenvalue weighted by atomic mass is 10.2. The van der Waals surface area contributed by atoms with Crippen molar-refractivity contribution in [3.63, 3.8) is 0 Å². The molecule has 0 bridgehead atoms. The summed E-state index contributed by atoms with van der Waals surface area (Å²) in [5.74, 6) is -1.97. The average molecular weight is 613 g/mol. The van der Waals surface area contributed by atoms with E-state index in [4.69, 9.17) is 4.74 Å². The fraction of sp³-hybridized carbons (Fsp3) is 0.0714. The van der Waals surface area contributed by atoms with Crippen LogP contribution in [0.1, 0.15) is 26.3 Å². The highest BCUT2D eigenvalue weighted by molar-refractivity contribution is 7.93. The van der Waals surface area contributed by atoms with Gasteiger partial charge in [0.25, 0.3) is 31.9 Å². The van der Waals surface area contributed by atoms with E-state index in [0.29, 0.717) is 5.75 Å². The third kappa shape index (κ3) is 7.03. The Hall–Kier alpha value is -4.95. The fourth-order valence-electron chi connectivity index (χ4n) is 3.67. The maximum Gasteiger partial charge on any atom is 0.269 e.